The van der Waals surface area contributed by atoms with Gasteiger partial charge in [0.2, 0.25) is 0 Å². The van der Waals surface area contributed by atoms with Gasteiger partial charge in [0.15, 0.2) is 0 Å². The fourth-order valence-corrected chi connectivity index (χ4v) is 0. The van der Waals surface area contributed by atoms with E-state index in [1.165, 1.54) is 0 Å². The van der Waals surface area contributed by atoms with Crippen molar-refractivity contribution in [1.82, 2.24) is 0 Å². The molecule has 0 aliphatic rings. The van der Waals surface area contributed by atoms with Gasteiger partial charge in [-0.05, 0) is 0 Å². The Kier molecular flexibility index (Phi) is 2.53. The van der Waals surface area contributed by atoms with E-state index >= 15 is 0 Å². The molecule has 6 heavy (non-hydrogen) atoms. The first-order valence-corrected chi connectivity index (χ1v) is 20.8. The molecule has 0 aromatic carbocycles. The molecular weight excluding hydrogens is 358 g/mol. The van der Waals surface area contributed by atoms with Crippen LogP contribution < -0.4 is 0 Å². The van der Waals surface area contributed by atoms with E-state index in [-0.39, 0.29) is 0 Å². The molecule has 0 N–H and O–H groups in total. The van der Waals surface area contributed by atoms with Crippen LogP contribution in [0.3, 0.4) is 0 Å². The molecule has 0 saturated heterocycles. The van der Waals surface area contributed by atoms with Crippen LogP contribution in [0.5, 0.6) is 0 Å². The average Bonchev–Trinajstić information content (AvgIpc) is 0.650. The molecule has 0 aromatic heterocycles. The molecule has 0 aliphatic carbocycles. The van der Waals surface area contributed by atoms with Crippen LogP contribution in [-0.4, -0.2) is 0 Å². The fraction of sp³-hybridized carbons (Fsp3) is 0. The van der Waals surface area contributed by atoms with Crippen LogP contribution in [0.2, 0.25) is 0 Å². The van der Waals surface area contributed by atoms with Crippen LogP contribution in [0.1, 0.15) is 0 Å². The molecular formula is Cl5Ta. The zero-order chi connectivity index (χ0) is 5.45. The van der Waals surface area contributed by atoms with Crippen molar-refractivity contribution in [1.29, 1.82) is 0 Å². The van der Waals surface area contributed by atoms with Crippen LogP contribution in [0.15, 0.2) is 0 Å². The molecule has 0 rings (SSSR count). The van der Waals surface area contributed by atoms with E-state index in [0.29, 0.717) is 0 Å². The van der Waals surface area contributed by atoms with Crippen LogP contribution >= 0.6 is 45.9 Å². The second-order valence-electron chi connectivity index (χ2n) is 0.639. The van der Waals surface area contributed by atoms with E-state index in [9.17, 15) is 0 Å². The summed E-state index contributed by atoms with van der Waals surface area (Å²) in [6.45, 7) is 0. The van der Waals surface area contributed by atoms with E-state index in [1.807, 2.05) is 0 Å². The monoisotopic (exact) mass is 356 g/mol. The van der Waals surface area contributed by atoms with Crippen molar-refractivity contribution in [3.05, 3.63) is 0 Å². The number of hydrogen-bond acceptors (Lipinski definition) is 0. The topological polar surface area (TPSA) is 0 Å². The van der Waals surface area contributed by atoms with Gasteiger partial charge in [-0.15, -0.1) is 0 Å². The molecule has 0 spiro atoms. The van der Waals surface area contributed by atoms with Crippen LogP contribution in [0.4, 0.5) is 0 Å². The Balaban J connectivity index is 3.73. The zero-order valence-electron chi connectivity index (χ0n) is 2.34. The number of halogens is 5. The third-order valence-electron chi connectivity index (χ3n) is 0. The van der Waals surface area contributed by atoms with Crippen LogP contribution in [0, 0.1) is 0 Å². The van der Waals surface area contributed by atoms with Crippen molar-refractivity contribution >= 4 is 45.9 Å². The predicted octanol–water partition coefficient (Wildman–Crippen LogP) is 3.44. The minimum atomic E-state index is -4.44. The molecule has 0 bridgehead atoms. The Morgan fingerprint density at radius 1 is 0.667 bits per heavy atom. The van der Waals surface area contributed by atoms with Gasteiger partial charge in [0, 0.05) is 0 Å². The Morgan fingerprint density at radius 2 is 0.667 bits per heavy atom. The second-order valence-corrected chi connectivity index (χ2v) is 47.1. The van der Waals surface area contributed by atoms with Gasteiger partial charge in [0.25, 0.3) is 0 Å². The molecule has 0 aliphatic heterocycles. The molecule has 40 valence electrons. The fourth-order valence-electron chi connectivity index (χ4n) is 0. The maximum atomic E-state index is 5.06. The number of hydrogen-bond donors (Lipinski definition) is 0. The third-order valence-corrected chi connectivity index (χ3v) is 0. The summed E-state index contributed by atoms with van der Waals surface area (Å²) in [5, 5.41) is 0. The third kappa shape index (κ3) is 34.8. The first-order valence-electron chi connectivity index (χ1n) is 0.845. The first-order chi connectivity index (χ1) is 2.24. The average molecular weight is 358 g/mol. The normalized spacial score (nSPS) is 19.2. The first kappa shape index (κ1) is 8.19. The van der Waals surface area contributed by atoms with Crippen LogP contribution in [0.25, 0.3) is 0 Å². The molecule has 6 heteroatoms. The molecule has 0 fully saturated rings. The number of rotatable bonds is 0. The molecule has 0 radical (unpaired) electrons. The molecule has 0 heterocycles. The molecule has 0 amide bonds. The van der Waals surface area contributed by atoms with Gasteiger partial charge in [-0.25, -0.2) is 0 Å². The van der Waals surface area contributed by atoms with Gasteiger partial charge in [0.1, 0.15) is 0 Å². The van der Waals surface area contributed by atoms with Gasteiger partial charge >= 0.3 is 56.4 Å². The van der Waals surface area contributed by atoms with E-state index in [4.69, 9.17) is 45.9 Å². The molecule has 0 atom stereocenters. The molecule has 0 nitrogen and oxygen atoms in total. The Morgan fingerprint density at radius 3 is 0.667 bits per heavy atom. The van der Waals surface area contributed by atoms with Gasteiger partial charge in [-0.3, -0.25) is 0 Å². The standard InChI is InChI=1S/5ClH.Ta/h5*1H;/q;;;;;+5/p-5. The summed E-state index contributed by atoms with van der Waals surface area (Å²) in [7, 11) is 20.9. The Bertz CT molecular complexity index is 37.1. The van der Waals surface area contributed by atoms with Crippen molar-refractivity contribution in [2.45, 2.75) is 0 Å². The van der Waals surface area contributed by atoms with Crippen molar-refractivity contribution in [2.24, 2.45) is 0 Å². The van der Waals surface area contributed by atoms with Crippen molar-refractivity contribution in [3.8, 4) is 0 Å². The summed E-state index contributed by atoms with van der Waals surface area (Å²) in [5.41, 5.74) is 0. The summed E-state index contributed by atoms with van der Waals surface area (Å²) in [5.74, 6) is 0. The SMILES string of the molecule is [Cl][Ta]([Cl])([Cl])([Cl])[Cl]. The van der Waals surface area contributed by atoms with E-state index < -0.39 is 10.4 Å². The summed E-state index contributed by atoms with van der Waals surface area (Å²) in [6, 6.07) is 0. The second kappa shape index (κ2) is 1.85. The van der Waals surface area contributed by atoms with Crippen molar-refractivity contribution < 1.29 is 10.4 Å². The van der Waals surface area contributed by atoms with Crippen molar-refractivity contribution in [3.63, 3.8) is 0 Å². The van der Waals surface area contributed by atoms with Crippen LogP contribution in [-0.2, 0) is 10.4 Å². The van der Waals surface area contributed by atoms with E-state index in [0.717, 1.165) is 0 Å². The minimum absolute atomic E-state index is 4.44. The molecule has 0 saturated carbocycles. The van der Waals surface area contributed by atoms with Gasteiger partial charge in [-0.1, -0.05) is 0 Å². The molecule has 0 unspecified atom stereocenters. The molecule has 0 aromatic rings. The van der Waals surface area contributed by atoms with Gasteiger partial charge in [0.05, 0.1) is 0 Å². The Hall–Kier alpha value is 2.19. The van der Waals surface area contributed by atoms with E-state index in [2.05, 4.69) is 0 Å². The summed E-state index contributed by atoms with van der Waals surface area (Å²) < 4.78 is 0. The summed E-state index contributed by atoms with van der Waals surface area (Å²) >= 11 is 0. The Labute approximate surface area is 55.7 Å². The van der Waals surface area contributed by atoms with E-state index in [1.54, 1.807) is 0 Å². The summed E-state index contributed by atoms with van der Waals surface area (Å²) in [4.78, 5) is 0. The predicted molar refractivity (Wildman–Crippen MR) is 29.3 cm³/mol. The summed E-state index contributed by atoms with van der Waals surface area (Å²) in [6.07, 6.45) is 0. The van der Waals surface area contributed by atoms with Gasteiger partial charge < -0.3 is 0 Å². The van der Waals surface area contributed by atoms with Gasteiger partial charge in [-0.2, -0.15) is 0 Å². The quantitative estimate of drug-likeness (QED) is 0.622. The van der Waals surface area contributed by atoms with Crippen molar-refractivity contribution in [2.75, 3.05) is 0 Å². The maximum absolute atomic E-state index is 5.06. The zero-order valence-corrected chi connectivity index (χ0v) is 9.33.